The lowest BCUT2D eigenvalue weighted by Crippen LogP contribution is -2.30. The summed E-state index contributed by atoms with van der Waals surface area (Å²) in [6.45, 7) is 3.30. The lowest BCUT2D eigenvalue weighted by molar-refractivity contribution is 0.147. The molecule has 0 N–H and O–H groups in total. The Morgan fingerprint density at radius 1 is 1.54 bits per heavy atom. The molecule has 5 heteroatoms. The third kappa shape index (κ3) is 3.25. The van der Waals surface area contributed by atoms with E-state index < -0.39 is 0 Å². The SMILES string of the molecule is CSC(=NC#N)N1CCCOCC1. The van der Waals surface area contributed by atoms with E-state index in [1.807, 2.05) is 12.4 Å². The molecule has 4 nitrogen and oxygen atoms in total. The normalized spacial score (nSPS) is 19.4. The molecule has 0 unspecified atom stereocenters. The highest BCUT2D eigenvalue weighted by atomic mass is 32.2. The largest absolute Gasteiger partial charge is 0.380 e. The van der Waals surface area contributed by atoms with Crippen LogP contribution in [-0.2, 0) is 4.74 Å². The van der Waals surface area contributed by atoms with Crippen LogP contribution in [-0.4, -0.2) is 42.6 Å². The predicted octanol–water partition coefficient (Wildman–Crippen LogP) is 0.909. The first-order valence-electron chi connectivity index (χ1n) is 4.22. The van der Waals surface area contributed by atoms with E-state index in [2.05, 4.69) is 9.89 Å². The van der Waals surface area contributed by atoms with Gasteiger partial charge in [0.05, 0.1) is 6.61 Å². The number of amidine groups is 1. The Morgan fingerprint density at radius 2 is 2.38 bits per heavy atom. The molecule has 1 aliphatic heterocycles. The second-order valence-corrected chi connectivity index (χ2v) is 3.42. The maximum atomic E-state index is 8.46. The van der Waals surface area contributed by atoms with E-state index in [0.717, 1.165) is 37.9 Å². The predicted molar refractivity (Wildman–Crippen MR) is 53.6 cm³/mol. The molecule has 13 heavy (non-hydrogen) atoms. The molecule has 0 amide bonds. The van der Waals surface area contributed by atoms with E-state index in [4.69, 9.17) is 10.00 Å². The van der Waals surface area contributed by atoms with E-state index in [1.165, 1.54) is 11.8 Å². The zero-order valence-electron chi connectivity index (χ0n) is 7.69. The third-order valence-corrected chi connectivity index (χ3v) is 2.54. The van der Waals surface area contributed by atoms with Crippen molar-refractivity contribution >= 4 is 16.9 Å². The maximum absolute atomic E-state index is 8.46. The fourth-order valence-electron chi connectivity index (χ4n) is 1.23. The average Bonchev–Trinajstić information content (AvgIpc) is 2.42. The maximum Gasteiger partial charge on any atom is 0.208 e. The van der Waals surface area contributed by atoms with Crippen LogP contribution in [0.4, 0.5) is 0 Å². The zero-order valence-corrected chi connectivity index (χ0v) is 8.51. The molecular formula is C8H13N3OS. The van der Waals surface area contributed by atoms with Crippen LogP contribution in [0.2, 0.25) is 0 Å². The molecule has 0 radical (unpaired) electrons. The van der Waals surface area contributed by atoms with Gasteiger partial charge in [-0.3, -0.25) is 0 Å². The quantitative estimate of drug-likeness (QED) is 0.330. The average molecular weight is 199 g/mol. The van der Waals surface area contributed by atoms with Gasteiger partial charge in [-0.05, 0) is 12.7 Å². The van der Waals surface area contributed by atoms with Crippen molar-refractivity contribution in [3.05, 3.63) is 0 Å². The van der Waals surface area contributed by atoms with Gasteiger partial charge in [-0.2, -0.15) is 5.26 Å². The highest BCUT2D eigenvalue weighted by Crippen LogP contribution is 2.08. The van der Waals surface area contributed by atoms with Gasteiger partial charge in [-0.15, -0.1) is 4.99 Å². The molecule has 0 atom stereocenters. The number of hydrogen-bond acceptors (Lipinski definition) is 4. The number of aliphatic imine (C=N–C) groups is 1. The summed E-state index contributed by atoms with van der Waals surface area (Å²) in [4.78, 5) is 5.86. The molecule has 1 saturated heterocycles. The van der Waals surface area contributed by atoms with Crippen LogP contribution in [0.5, 0.6) is 0 Å². The smallest absolute Gasteiger partial charge is 0.208 e. The van der Waals surface area contributed by atoms with Gasteiger partial charge in [0.2, 0.25) is 6.19 Å². The number of rotatable bonds is 0. The molecule has 1 aliphatic rings. The molecular weight excluding hydrogens is 186 g/mol. The number of thioether (sulfide) groups is 1. The van der Waals surface area contributed by atoms with Crippen LogP contribution >= 0.6 is 11.8 Å². The summed E-state index contributed by atoms with van der Waals surface area (Å²) < 4.78 is 5.31. The van der Waals surface area contributed by atoms with Crippen molar-refractivity contribution in [3.63, 3.8) is 0 Å². The Morgan fingerprint density at radius 3 is 3.08 bits per heavy atom. The van der Waals surface area contributed by atoms with Crippen molar-refractivity contribution in [2.45, 2.75) is 6.42 Å². The second-order valence-electron chi connectivity index (χ2n) is 2.65. The van der Waals surface area contributed by atoms with Crippen molar-refractivity contribution in [3.8, 4) is 6.19 Å². The topological polar surface area (TPSA) is 48.6 Å². The molecule has 0 aromatic carbocycles. The molecule has 0 aromatic rings. The molecule has 1 fully saturated rings. The van der Waals surface area contributed by atoms with Gasteiger partial charge in [0.1, 0.15) is 0 Å². The molecule has 0 saturated carbocycles. The first kappa shape index (κ1) is 10.4. The van der Waals surface area contributed by atoms with Crippen LogP contribution in [0.1, 0.15) is 6.42 Å². The van der Waals surface area contributed by atoms with Crippen LogP contribution in [0.15, 0.2) is 4.99 Å². The molecule has 72 valence electrons. The van der Waals surface area contributed by atoms with E-state index in [9.17, 15) is 0 Å². The number of hydrogen-bond donors (Lipinski definition) is 0. The highest BCUT2D eigenvalue weighted by molar-refractivity contribution is 8.13. The van der Waals surface area contributed by atoms with E-state index in [-0.39, 0.29) is 0 Å². The van der Waals surface area contributed by atoms with Gasteiger partial charge in [0.15, 0.2) is 5.17 Å². The lowest BCUT2D eigenvalue weighted by atomic mass is 10.4. The van der Waals surface area contributed by atoms with Gasteiger partial charge in [-0.25, -0.2) is 0 Å². The first-order valence-corrected chi connectivity index (χ1v) is 5.44. The minimum absolute atomic E-state index is 0.727. The minimum Gasteiger partial charge on any atom is -0.380 e. The van der Waals surface area contributed by atoms with Crippen LogP contribution < -0.4 is 0 Å². The minimum atomic E-state index is 0.727. The summed E-state index contributed by atoms with van der Waals surface area (Å²) in [6, 6.07) is 0. The van der Waals surface area contributed by atoms with Crippen molar-refractivity contribution in [2.75, 3.05) is 32.6 Å². The Bertz CT molecular complexity index is 216. The van der Waals surface area contributed by atoms with Gasteiger partial charge in [0.25, 0.3) is 0 Å². The van der Waals surface area contributed by atoms with Crippen LogP contribution in [0, 0.1) is 11.5 Å². The highest BCUT2D eigenvalue weighted by Gasteiger charge is 2.12. The van der Waals surface area contributed by atoms with Gasteiger partial charge in [-0.1, -0.05) is 11.8 Å². The third-order valence-electron chi connectivity index (χ3n) is 1.82. The summed E-state index contributed by atoms with van der Waals surface area (Å²) in [5, 5.41) is 9.26. The molecule has 1 rings (SSSR count). The Kier molecular flexibility index (Phi) is 4.65. The van der Waals surface area contributed by atoms with E-state index >= 15 is 0 Å². The van der Waals surface area contributed by atoms with Crippen molar-refractivity contribution in [1.82, 2.24) is 4.90 Å². The summed E-state index contributed by atoms with van der Waals surface area (Å²) >= 11 is 1.51. The molecule has 0 aliphatic carbocycles. The fourth-order valence-corrected chi connectivity index (χ4v) is 1.80. The Labute approximate surface area is 82.6 Å². The Balaban J connectivity index is 2.56. The Hall–Kier alpha value is -0.730. The van der Waals surface area contributed by atoms with Crippen molar-refractivity contribution in [2.24, 2.45) is 4.99 Å². The molecule has 0 aromatic heterocycles. The molecule has 0 spiro atoms. The van der Waals surface area contributed by atoms with Crippen LogP contribution in [0.25, 0.3) is 0 Å². The summed E-state index contributed by atoms with van der Waals surface area (Å²) in [5.74, 6) is 0. The molecule has 1 heterocycles. The van der Waals surface area contributed by atoms with Gasteiger partial charge in [0, 0.05) is 19.7 Å². The first-order chi connectivity index (χ1) is 6.38. The van der Waals surface area contributed by atoms with E-state index in [0.29, 0.717) is 0 Å². The van der Waals surface area contributed by atoms with Crippen molar-refractivity contribution < 1.29 is 4.74 Å². The summed E-state index contributed by atoms with van der Waals surface area (Å²) in [5.41, 5.74) is 0. The summed E-state index contributed by atoms with van der Waals surface area (Å²) in [7, 11) is 0. The van der Waals surface area contributed by atoms with E-state index in [1.54, 1.807) is 0 Å². The second kappa shape index (κ2) is 5.84. The zero-order chi connectivity index (χ0) is 9.52. The number of nitriles is 1. The molecule has 0 bridgehead atoms. The number of nitrogens with zero attached hydrogens (tertiary/aromatic N) is 3. The fraction of sp³-hybridized carbons (Fsp3) is 0.750. The lowest BCUT2D eigenvalue weighted by Gasteiger charge is -2.20. The monoisotopic (exact) mass is 199 g/mol. The van der Waals surface area contributed by atoms with Crippen LogP contribution in [0.3, 0.4) is 0 Å². The standard InChI is InChI=1S/C8H13N3OS/c1-13-8(10-7-9)11-3-2-5-12-6-4-11/h2-6H2,1H3. The number of ether oxygens (including phenoxy) is 1. The van der Waals surface area contributed by atoms with Crippen molar-refractivity contribution in [1.29, 1.82) is 5.26 Å². The van der Waals surface area contributed by atoms with Gasteiger partial charge >= 0.3 is 0 Å². The van der Waals surface area contributed by atoms with Gasteiger partial charge < -0.3 is 9.64 Å². The summed E-state index contributed by atoms with van der Waals surface area (Å²) in [6.07, 6.45) is 4.76.